The van der Waals surface area contributed by atoms with Crippen LogP contribution in [0, 0.1) is 6.92 Å². The van der Waals surface area contributed by atoms with E-state index in [9.17, 15) is 4.21 Å². The normalized spacial score (nSPS) is 15.5. The van der Waals surface area contributed by atoms with E-state index in [1.54, 1.807) is 22.8 Å². The Morgan fingerprint density at radius 3 is 2.50 bits per heavy atom. The molecule has 30 heavy (non-hydrogen) atoms. The molecule has 1 aliphatic carbocycles. The van der Waals surface area contributed by atoms with Crippen LogP contribution in [-0.2, 0) is 15.8 Å². The van der Waals surface area contributed by atoms with E-state index in [1.165, 1.54) is 32.1 Å². The summed E-state index contributed by atoms with van der Waals surface area (Å²) in [7, 11) is 0.306. The quantitative estimate of drug-likeness (QED) is 0.568. The summed E-state index contributed by atoms with van der Waals surface area (Å²) in [6, 6.07) is 10.2. The molecular formula is C23H33N4O2S+. The van der Waals surface area contributed by atoms with Gasteiger partial charge in [0.1, 0.15) is 5.69 Å². The van der Waals surface area contributed by atoms with Crippen molar-refractivity contribution >= 4 is 33.4 Å². The number of quaternary nitrogens is 1. The molecule has 3 N–H and O–H groups in total. The number of hydrogen-bond donors (Lipinski definition) is 2. The van der Waals surface area contributed by atoms with Gasteiger partial charge in [0.15, 0.2) is 16.6 Å². The Hall–Kier alpha value is -2.22. The zero-order chi connectivity index (χ0) is 21.5. The third-order valence-corrected chi connectivity index (χ3v) is 6.64. The van der Waals surface area contributed by atoms with Crippen LogP contribution in [0.5, 0.6) is 0 Å². The fraction of sp³-hybridized carbons (Fsp3) is 0.435. The first kappa shape index (κ1) is 22.5. The number of fused-ring (bicyclic) bond motifs is 1. The van der Waals surface area contributed by atoms with Gasteiger partial charge in [-0.3, -0.25) is 0 Å². The summed E-state index contributed by atoms with van der Waals surface area (Å²) in [5.41, 5.74) is 5.50. The average Bonchev–Trinajstić information content (AvgIpc) is 3.22. The van der Waals surface area contributed by atoms with Crippen molar-refractivity contribution in [2.45, 2.75) is 63.8 Å². The molecule has 7 heteroatoms. The van der Waals surface area contributed by atoms with Crippen molar-refractivity contribution in [2.24, 2.45) is 0 Å². The summed E-state index contributed by atoms with van der Waals surface area (Å²) in [5, 5.41) is 4.68. The lowest BCUT2D eigenvalue weighted by molar-refractivity contribution is -0.829. The number of nitrogens with two attached hydrogens (primary N) is 1. The first-order valence-corrected chi connectivity index (χ1v) is 11.9. The van der Waals surface area contributed by atoms with Crippen LogP contribution in [0.4, 0.5) is 11.4 Å². The number of pyridine rings is 1. The van der Waals surface area contributed by atoms with E-state index in [4.69, 9.17) is 4.84 Å². The van der Waals surface area contributed by atoms with Crippen LogP contribution in [0.3, 0.4) is 0 Å². The Balaban J connectivity index is 0.00000124. The topological polar surface area (TPSA) is 72.8 Å². The monoisotopic (exact) mass is 429 g/mol. The number of nitrogens with one attached hydrogen (secondary N) is 1. The van der Waals surface area contributed by atoms with Gasteiger partial charge in [-0.2, -0.15) is 5.48 Å². The van der Waals surface area contributed by atoms with Crippen LogP contribution >= 0.6 is 0 Å². The molecule has 6 nitrogen and oxygen atoms in total. The van der Waals surface area contributed by atoms with Gasteiger partial charge in [-0.25, -0.2) is 18.0 Å². The summed E-state index contributed by atoms with van der Waals surface area (Å²) >= 11 is 0. The molecule has 1 unspecified atom stereocenters. The van der Waals surface area contributed by atoms with Crippen LogP contribution in [0.1, 0.15) is 51.5 Å². The van der Waals surface area contributed by atoms with E-state index in [0.29, 0.717) is 11.7 Å². The molecule has 0 saturated heterocycles. The molecule has 1 saturated carbocycles. The Bertz CT molecular complexity index is 979. The maximum Gasteiger partial charge on any atom is 0.204 e. The highest BCUT2D eigenvalue weighted by molar-refractivity contribution is 7.83. The van der Waals surface area contributed by atoms with Gasteiger partial charge in [0.2, 0.25) is 5.69 Å². The summed E-state index contributed by atoms with van der Waals surface area (Å²) in [6.45, 7) is 6.02. The van der Waals surface area contributed by atoms with Crippen molar-refractivity contribution in [1.82, 2.24) is 8.96 Å². The van der Waals surface area contributed by atoms with Crippen LogP contribution in [0.25, 0.3) is 11.0 Å². The number of nitrogens with zero attached hydrogens (tertiary/aromatic N) is 2. The SMILES string of the molecule is CC.CO[NH2+]c1cnc2c(ccn2S(=O)c2ccc(C)cc2)c1NC1CCCCC1. The second-order valence-corrected chi connectivity index (χ2v) is 8.73. The van der Waals surface area contributed by atoms with Gasteiger partial charge in [0, 0.05) is 17.6 Å². The minimum Gasteiger partial charge on any atom is -0.377 e. The van der Waals surface area contributed by atoms with E-state index in [0.717, 1.165) is 27.2 Å². The van der Waals surface area contributed by atoms with Gasteiger partial charge < -0.3 is 5.32 Å². The van der Waals surface area contributed by atoms with E-state index < -0.39 is 11.0 Å². The molecule has 1 aromatic carbocycles. The predicted molar refractivity (Wildman–Crippen MR) is 123 cm³/mol. The van der Waals surface area contributed by atoms with Crippen molar-refractivity contribution < 1.29 is 14.5 Å². The number of aryl methyl sites for hydroxylation is 1. The second kappa shape index (κ2) is 10.7. The number of hydrogen-bond acceptors (Lipinski definition) is 4. The van der Waals surface area contributed by atoms with E-state index in [1.807, 2.05) is 57.3 Å². The molecule has 1 atom stereocenters. The molecule has 1 aliphatic rings. The Kier molecular flexibility index (Phi) is 8.01. The molecule has 2 heterocycles. The highest BCUT2D eigenvalue weighted by atomic mass is 32.2. The first-order chi connectivity index (χ1) is 14.7. The lowest BCUT2D eigenvalue weighted by Gasteiger charge is -2.24. The zero-order valence-corrected chi connectivity index (χ0v) is 19.2. The Labute approximate surface area is 181 Å². The third-order valence-electron chi connectivity index (χ3n) is 5.31. The van der Waals surface area contributed by atoms with E-state index in [2.05, 4.69) is 10.3 Å². The van der Waals surface area contributed by atoms with Crippen LogP contribution < -0.4 is 10.8 Å². The minimum absolute atomic E-state index is 0.453. The fourth-order valence-corrected chi connectivity index (χ4v) is 4.88. The zero-order valence-electron chi connectivity index (χ0n) is 18.4. The van der Waals surface area contributed by atoms with Crippen molar-refractivity contribution in [1.29, 1.82) is 0 Å². The molecule has 0 amide bonds. The maximum atomic E-state index is 13.1. The third kappa shape index (κ3) is 4.91. The molecular weight excluding hydrogens is 396 g/mol. The second-order valence-electron chi connectivity index (χ2n) is 7.36. The summed E-state index contributed by atoms with van der Waals surface area (Å²) in [6.07, 6.45) is 9.82. The number of anilines is 1. The van der Waals surface area contributed by atoms with Crippen LogP contribution in [-0.4, -0.2) is 26.3 Å². The average molecular weight is 430 g/mol. The largest absolute Gasteiger partial charge is 0.377 e. The van der Waals surface area contributed by atoms with Crippen LogP contribution in [0.2, 0.25) is 0 Å². The molecule has 0 radical (unpaired) electrons. The van der Waals surface area contributed by atoms with Crippen molar-refractivity contribution in [3.05, 3.63) is 48.3 Å². The molecule has 1 fully saturated rings. The lowest BCUT2D eigenvalue weighted by atomic mass is 9.95. The smallest absolute Gasteiger partial charge is 0.204 e. The van der Waals surface area contributed by atoms with Crippen molar-refractivity contribution in [3.63, 3.8) is 0 Å². The van der Waals surface area contributed by atoms with Gasteiger partial charge in [-0.15, -0.1) is 0 Å². The van der Waals surface area contributed by atoms with Gasteiger partial charge in [-0.05, 0) is 38.0 Å². The van der Waals surface area contributed by atoms with Gasteiger partial charge >= 0.3 is 0 Å². The fourth-order valence-electron chi connectivity index (χ4n) is 3.81. The van der Waals surface area contributed by atoms with Gasteiger partial charge in [-0.1, -0.05) is 50.8 Å². The number of rotatable bonds is 6. The summed E-state index contributed by atoms with van der Waals surface area (Å²) in [4.78, 5) is 10.6. The molecule has 2 aromatic heterocycles. The standard InChI is InChI=1S/C21H26N4O2S.C2H6/c1-15-8-10-17(11-9-15)28(26)25-13-12-18-20(23-16-6-4-3-5-7-16)19(24-27-2)14-22-21(18)25;1-2/h8-14,16,24H,3-7H2,1-2H3,(H,22,23);1-2H3/p+1. The van der Waals surface area contributed by atoms with Crippen LogP contribution in [0.15, 0.2) is 47.6 Å². The van der Waals surface area contributed by atoms with Gasteiger partial charge in [0.25, 0.3) is 0 Å². The lowest BCUT2D eigenvalue weighted by Crippen LogP contribution is -2.76. The molecule has 4 rings (SSSR count). The molecule has 162 valence electrons. The van der Waals surface area contributed by atoms with E-state index in [-0.39, 0.29) is 0 Å². The van der Waals surface area contributed by atoms with E-state index >= 15 is 0 Å². The van der Waals surface area contributed by atoms with Gasteiger partial charge in [0.05, 0.1) is 18.2 Å². The number of benzene rings is 1. The summed E-state index contributed by atoms with van der Waals surface area (Å²) < 4.78 is 14.9. The molecule has 0 bridgehead atoms. The minimum atomic E-state index is -1.34. The van der Waals surface area contributed by atoms with Crippen molar-refractivity contribution in [3.8, 4) is 0 Å². The molecule has 0 aliphatic heterocycles. The molecule has 3 aromatic rings. The molecule has 0 spiro atoms. The highest BCUT2D eigenvalue weighted by Gasteiger charge is 2.21. The summed E-state index contributed by atoms with van der Waals surface area (Å²) in [5.74, 6) is 0. The predicted octanol–water partition coefficient (Wildman–Crippen LogP) is 4.44. The number of aromatic nitrogens is 2. The van der Waals surface area contributed by atoms with Crippen molar-refractivity contribution in [2.75, 3.05) is 12.4 Å². The Morgan fingerprint density at radius 2 is 1.83 bits per heavy atom. The first-order valence-electron chi connectivity index (χ1n) is 10.8. The Morgan fingerprint density at radius 1 is 1.13 bits per heavy atom. The highest BCUT2D eigenvalue weighted by Crippen LogP contribution is 2.32. The maximum absolute atomic E-state index is 13.1.